The number of hydrogen-bond acceptors (Lipinski definition) is 5. The molecule has 0 fully saturated rings. The van der Waals surface area contributed by atoms with Gasteiger partial charge in [0, 0.05) is 21.6 Å². The predicted octanol–water partition coefficient (Wildman–Crippen LogP) is 5.05. The molecule has 21 heavy (non-hydrogen) atoms. The van der Waals surface area contributed by atoms with Crippen molar-refractivity contribution in [3.05, 3.63) is 47.1 Å². The van der Waals surface area contributed by atoms with Crippen LogP contribution in [0, 0.1) is 0 Å². The average molecular weight is 377 g/mol. The highest BCUT2D eigenvalue weighted by molar-refractivity contribution is 9.10. The summed E-state index contributed by atoms with van der Waals surface area (Å²) < 4.78 is 13.0. The molecule has 4 nitrogen and oxygen atoms in total. The van der Waals surface area contributed by atoms with Crippen LogP contribution in [0.4, 0.5) is 5.69 Å². The SMILES string of the molecule is Brc1ccc2c(SNc3cccc4nsnc34)c[nH]c2c1. The molecule has 2 heterocycles. The molecule has 2 aromatic carbocycles. The third kappa shape index (κ3) is 2.41. The van der Waals surface area contributed by atoms with E-state index in [1.807, 2.05) is 30.5 Å². The van der Waals surface area contributed by atoms with Gasteiger partial charge in [-0.1, -0.05) is 28.1 Å². The molecule has 0 aliphatic rings. The van der Waals surface area contributed by atoms with Crippen molar-refractivity contribution in [3.63, 3.8) is 0 Å². The van der Waals surface area contributed by atoms with Crippen molar-refractivity contribution in [2.75, 3.05) is 4.72 Å². The number of nitrogens with zero attached hydrogens (tertiary/aromatic N) is 2. The maximum absolute atomic E-state index is 4.33. The van der Waals surface area contributed by atoms with Crippen molar-refractivity contribution in [3.8, 4) is 0 Å². The van der Waals surface area contributed by atoms with E-state index in [0.717, 1.165) is 31.6 Å². The normalized spacial score (nSPS) is 11.3. The first-order valence-corrected chi connectivity index (χ1v) is 8.56. The molecule has 0 bridgehead atoms. The Morgan fingerprint density at radius 1 is 1.19 bits per heavy atom. The number of aromatic nitrogens is 3. The van der Waals surface area contributed by atoms with Gasteiger partial charge in [-0.25, -0.2) is 0 Å². The number of hydrogen-bond donors (Lipinski definition) is 2. The highest BCUT2D eigenvalue weighted by Crippen LogP contribution is 2.32. The van der Waals surface area contributed by atoms with Crippen LogP contribution in [0.2, 0.25) is 0 Å². The molecule has 2 aromatic heterocycles. The maximum atomic E-state index is 4.33. The van der Waals surface area contributed by atoms with Crippen LogP contribution in [-0.4, -0.2) is 13.7 Å². The number of nitrogens with one attached hydrogen (secondary N) is 2. The van der Waals surface area contributed by atoms with E-state index in [9.17, 15) is 0 Å². The van der Waals surface area contributed by atoms with E-state index in [1.54, 1.807) is 11.9 Å². The lowest BCUT2D eigenvalue weighted by Crippen LogP contribution is -1.87. The zero-order valence-electron chi connectivity index (χ0n) is 10.6. The first-order chi connectivity index (χ1) is 10.3. The molecule has 0 atom stereocenters. The molecule has 0 spiro atoms. The van der Waals surface area contributed by atoms with E-state index in [2.05, 4.69) is 46.5 Å². The van der Waals surface area contributed by atoms with Gasteiger partial charge >= 0.3 is 0 Å². The molecule has 0 aliphatic carbocycles. The van der Waals surface area contributed by atoms with Gasteiger partial charge in [0.05, 0.1) is 22.3 Å². The smallest absolute Gasteiger partial charge is 0.128 e. The van der Waals surface area contributed by atoms with Gasteiger partial charge in [-0.2, -0.15) is 8.75 Å². The molecule has 0 amide bonds. The molecule has 2 N–H and O–H groups in total. The number of rotatable bonds is 3. The lowest BCUT2D eigenvalue weighted by Gasteiger charge is -2.04. The highest BCUT2D eigenvalue weighted by Gasteiger charge is 2.08. The number of fused-ring (bicyclic) bond motifs is 2. The van der Waals surface area contributed by atoms with Crippen molar-refractivity contribution in [2.45, 2.75) is 4.90 Å². The lowest BCUT2D eigenvalue weighted by molar-refractivity contribution is 1.41. The molecule has 0 saturated heterocycles. The topological polar surface area (TPSA) is 53.6 Å². The molecule has 4 aromatic rings. The molecule has 0 radical (unpaired) electrons. The van der Waals surface area contributed by atoms with Crippen LogP contribution in [0.3, 0.4) is 0 Å². The first-order valence-electron chi connectivity index (χ1n) is 6.22. The third-order valence-electron chi connectivity index (χ3n) is 3.16. The van der Waals surface area contributed by atoms with Crippen LogP contribution in [0.1, 0.15) is 0 Å². The van der Waals surface area contributed by atoms with Crippen LogP contribution in [-0.2, 0) is 0 Å². The van der Waals surface area contributed by atoms with Gasteiger partial charge in [0.25, 0.3) is 0 Å². The number of halogens is 1. The average Bonchev–Trinajstić information content (AvgIpc) is 3.11. The molecule has 104 valence electrons. The zero-order chi connectivity index (χ0) is 14.2. The van der Waals surface area contributed by atoms with E-state index in [4.69, 9.17) is 0 Å². The van der Waals surface area contributed by atoms with Crippen LogP contribution in [0.25, 0.3) is 21.9 Å². The fraction of sp³-hybridized carbons (Fsp3) is 0. The Morgan fingerprint density at radius 3 is 3.10 bits per heavy atom. The first kappa shape index (κ1) is 13.1. The summed E-state index contributed by atoms with van der Waals surface area (Å²) in [4.78, 5) is 4.43. The second-order valence-electron chi connectivity index (χ2n) is 4.48. The Bertz CT molecular complexity index is 931. The second kappa shape index (κ2) is 5.32. The molecular weight excluding hydrogens is 368 g/mol. The van der Waals surface area contributed by atoms with Crippen LogP contribution in [0.15, 0.2) is 52.0 Å². The number of benzene rings is 2. The standard InChI is InChI=1S/C14H9BrN4S2/c15-8-4-5-9-12(6-8)16-7-13(9)20-17-10-2-1-3-11-14(10)19-21-18-11/h1-7,16-17H. The van der Waals surface area contributed by atoms with Crippen molar-refractivity contribution in [1.82, 2.24) is 13.7 Å². The number of anilines is 1. The van der Waals surface area contributed by atoms with E-state index in [0.29, 0.717) is 0 Å². The summed E-state index contributed by atoms with van der Waals surface area (Å²) in [5, 5.41) is 1.19. The van der Waals surface area contributed by atoms with Crippen LogP contribution in [0.5, 0.6) is 0 Å². The van der Waals surface area contributed by atoms with Gasteiger partial charge in [-0.3, -0.25) is 0 Å². The van der Waals surface area contributed by atoms with Crippen molar-refractivity contribution < 1.29 is 0 Å². The molecule has 7 heteroatoms. The fourth-order valence-corrected chi connectivity index (χ4v) is 3.86. The summed E-state index contributed by atoms with van der Waals surface area (Å²) in [6.07, 6.45) is 2.01. The molecule has 0 unspecified atom stereocenters. The zero-order valence-corrected chi connectivity index (χ0v) is 13.8. The summed E-state index contributed by atoms with van der Waals surface area (Å²) in [6, 6.07) is 12.2. The summed E-state index contributed by atoms with van der Waals surface area (Å²) in [6.45, 7) is 0. The third-order valence-corrected chi connectivity index (χ3v) is 5.08. The van der Waals surface area contributed by atoms with Gasteiger partial charge in [0.15, 0.2) is 0 Å². The summed E-state index contributed by atoms with van der Waals surface area (Å²) >= 11 is 6.29. The molecule has 0 aliphatic heterocycles. The van der Waals surface area contributed by atoms with E-state index < -0.39 is 0 Å². The minimum atomic E-state index is 0.914. The van der Waals surface area contributed by atoms with Crippen molar-refractivity contribution in [1.29, 1.82) is 0 Å². The molecule has 4 rings (SSSR count). The lowest BCUT2D eigenvalue weighted by atomic mass is 10.2. The Hall–Kier alpha value is -1.57. The van der Waals surface area contributed by atoms with Crippen molar-refractivity contribution in [2.24, 2.45) is 0 Å². The second-order valence-corrected chi connectivity index (χ2v) is 6.78. The highest BCUT2D eigenvalue weighted by atomic mass is 79.9. The Kier molecular flexibility index (Phi) is 3.33. The molecule has 0 saturated carbocycles. The van der Waals surface area contributed by atoms with E-state index >= 15 is 0 Å². The minimum absolute atomic E-state index is 0.914. The van der Waals surface area contributed by atoms with Crippen molar-refractivity contribution >= 4 is 67.2 Å². The van der Waals surface area contributed by atoms with Crippen LogP contribution < -0.4 is 4.72 Å². The minimum Gasteiger partial charge on any atom is -0.360 e. The van der Waals surface area contributed by atoms with Gasteiger partial charge in [-0.15, -0.1) is 0 Å². The quantitative estimate of drug-likeness (QED) is 0.491. The predicted molar refractivity (Wildman–Crippen MR) is 92.9 cm³/mol. The Morgan fingerprint density at radius 2 is 2.14 bits per heavy atom. The summed E-state index contributed by atoms with van der Waals surface area (Å²) in [5.41, 5.74) is 3.94. The largest absolute Gasteiger partial charge is 0.360 e. The Balaban J connectivity index is 1.65. The van der Waals surface area contributed by atoms with Crippen LogP contribution >= 0.6 is 39.6 Å². The number of H-pyrrole nitrogens is 1. The summed E-state index contributed by atoms with van der Waals surface area (Å²) in [7, 11) is 0. The van der Waals surface area contributed by atoms with E-state index in [1.165, 1.54) is 17.1 Å². The van der Waals surface area contributed by atoms with Gasteiger partial charge in [-0.05, 0) is 36.2 Å². The van der Waals surface area contributed by atoms with Gasteiger partial charge < -0.3 is 9.71 Å². The van der Waals surface area contributed by atoms with Gasteiger partial charge in [0.2, 0.25) is 0 Å². The van der Waals surface area contributed by atoms with Gasteiger partial charge in [0.1, 0.15) is 11.0 Å². The number of aromatic amines is 1. The van der Waals surface area contributed by atoms with E-state index in [-0.39, 0.29) is 0 Å². The Labute approximate surface area is 137 Å². The maximum Gasteiger partial charge on any atom is 0.128 e. The molecular formula is C14H9BrN4S2. The fourth-order valence-electron chi connectivity index (χ4n) is 2.15. The summed E-state index contributed by atoms with van der Waals surface area (Å²) in [5.74, 6) is 0. The monoisotopic (exact) mass is 376 g/mol.